The van der Waals surface area contributed by atoms with Crippen LogP contribution in [0, 0.1) is 23.5 Å². The molecule has 2 saturated heterocycles. The first-order chi connectivity index (χ1) is 10.9. The fourth-order valence-electron chi connectivity index (χ4n) is 3.76. The van der Waals surface area contributed by atoms with E-state index in [0.717, 1.165) is 36.5 Å². The smallest absolute Gasteiger partial charge is 0.251 e. The first kappa shape index (κ1) is 16.1. The number of benzene rings is 1. The molecular formula is C17H20F2N2O2. The van der Waals surface area contributed by atoms with Gasteiger partial charge in [-0.3, -0.25) is 14.5 Å². The number of carbonyl (C=O) groups is 2. The number of piperidine rings is 1. The van der Waals surface area contributed by atoms with Gasteiger partial charge in [-0.05, 0) is 30.4 Å². The Kier molecular flexibility index (Phi) is 4.19. The number of rotatable bonds is 2. The van der Waals surface area contributed by atoms with E-state index < -0.39 is 17.7 Å². The largest absolute Gasteiger partial charge is 0.291 e. The SMILES string of the molecule is C[C@@H]1C[C@@H](C)CN([C@H]2CC(=O)N(c3ccc(F)c(F)c3)C2=O)C1. The molecule has 2 aliphatic rings. The molecule has 0 unspecified atom stereocenters. The Hall–Kier alpha value is -1.82. The van der Waals surface area contributed by atoms with Crippen LogP contribution in [0.4, 0.5) is 14.5 Å². The molecule has 1 aromatic carbocycles. The van der Waals surface area contributed by atoms with Crippen LogP contribution in [0.25, 0.3) is 0 Å². The van der Waals surface area contributed by atoms with Crippen LogP contribution in [0.2, 0.25) is 0 Å². The summed E-state index contributed by atoms with van der Waals surface area (Å²) in [6, 6.07) is 2.59. The predicted octanol–water partition coefficient (Wildman–Crippen LogP) is 2.57. The molecule has 4 nitrogen and oxygen atoms in total. The van der Waals surface area contributed by atoms with Crippen molar-refractivity contribution >= 4 is 17.5 Å². The van der Waals surface area contributed by atoms with Crippen LogP contribution in [0.3, 0.4) is 0 Å². The topological polar surface area (TPSA) is 40.6 Å². The zero-order chi connectivity index (χ0) is 16.7. The van der Waals surface area contributed by atoms with Gasteiger partial charge >= 0.3 is 0 Å². The van der Waals surface area contributed by atoms with Crippen LogP contribution >= 0.6 is 0 Å². The summed E-state index contributed by atoms with van der Waals surface area (Å²) in [5.41, 5.74) is 0.0968. The van der Waals surface area contributed by atoms with Gasteiger partial charge in [0, 0.05) is 19.2 Å². The maximum absolute atomic E-state index is 13.4. The summed E-state index contributed by atoms with van der Waals surface area (Å²) in [7, 11) is 0. The fraction of sp³-hybridized carbons (Fsp3) is 0.529. The molecule has 2 aliphatic heterocycles. The number of nitrogens with zero attached hydrogens (tertiary/aromatic N) is 2. The van der Waals surface area contributed by atoms with E-state index in [9.17, 15) is 18.4 Å². The molecule has 3 atom stereocenters. The van der Waals surface area contributed by atoms with Crippen molar-refractivity contribution in [3.63, 3.8) is 0 Å². The lowest BCUT2D eigenvalue weighted by atomic mass is 9.90. The van der Waals surface area contributed by atoms with Crippen molar-refractivity contribution in [1.29, 1.82) is 0 Å². The number of imide groups is 1. The molecule has 2 amide bonds. The van der Waals surface area contributed by atoms with Crippen LogP contribution < -0.4 is 4.90 Å². The number of halogens is 2. The molecule has 0 saturated carbocycles. The molecule has 0 N–H and O–H groups in total. The van der Waals surface area contributed by atoms with Gasteiger partial charge in [0.2, 0.25) is 5.91 Å². The maximum atomic E-state index is 13.4. The lowest BCUT2D eigenvalue weighted by Crippen LogP contribution is -2.48. The number of amides is 2. The van der Waals surface area contributed by atoms with Gasteiger partial charge in [-0.1, -0.05) is 13.8 Å². The van der Waals surface area contributed by atoms with Crippen LogP contribution in [-0.4, -0.2) is 35.8 Å². The van der Waals surface area contributed by atoms with Crippen LogP contribution in [0.5, 0.6) is 0 Å². The standard InChI is InChI=1S/C17H20F2N2O2/c1-10-5-11(2)9-20(8-10)15-7-16(22)21(17(15)23)12-3-4-13(18)14(19)6-12/h3-4,6,10-11,15H,5,7-9H2,1-2H3/t10-,11-,15+/m1/s1. The summed E-state index contributed by atoms with van der Waals surface area (Å²) in [5, 5.41) is 0. The fourth-order valence-corrected chi connectivity index (χ4v) is 3.76. The molecule has 23 heavy (non-hydrogen) atoms. The third-order valence-corrected chi connectivity index (χ3v) is 4.62. The zero-order valence-corrected chi connectivity index (χ0v) is 13.3. The van der Waals surface area contributed by atoms with E-state index in [2.05, 4.69) is 18.7 Å². The van der Waals surface area contributed by atoms with E-state index >= 15 is 0 Å². The third kappa shape index (κ3) is 3.00. The van der Waals surface area contributed by atoms with Crippen molar-refractivity contribution in [2.45, 2.75) is 32.7 Å². The van der Waals surface area contributed by atoms with E-state index in [0.29, 0.717) is 11.8 Å². The summed E-state index contributed by atoms with van der Waals surface area (Å²) in [5.74, 6) is -1.83. The molecule has 1 aromatic rings. The van der Waals surface area contributed by atoms with Crippen molar-refractivity contribution in [2.75, 3.05) is 18.0 Å². The summed E-state index contributed by atoms with van der Waals surface area (Å²) < 4.78 is 26.5. The summed E-state index contributed by atoms with van der Waals surface area (Å²) >= 11 is 0. The zero-order valence-electron chi connectivity index (χ0n) is 13.3. The monoisotopic (exact) mass is 322 g/mol. The number of hydrogen-bond donors (Lipinski definition) is 0. The van der Waals surface area contributed by atoms with E-state index in [1.54, 1.807) is 0 Å². The molecule has 6 heteroatoms. The Morgan fingerprint density at radius 1 is 1.04 bits per heavy atom. The van der Waals surface area contributed by atoms with Crippen molar-refractivity contribution in [2.24, 2.45) is 11.8 Å². The number of anilines is 1. The summed E-state index contributed by atoms with van der Waals surface area (Å²) in [6.45, 7) is 5.83. The first-order valence-electron chi connectivity index (χ1n) is 7.92. The quantitative estimate of drug-likeness (QED) is 0.786. The average Bonchev–Trinajstić information content (AvgIpc) is 2.76. The molecule has 124 valence electrons. The Balaban J connectivity index is 1.83. The lowest BCUT2D eigenvalue weighted by Gasteiger charge is -2.37. The molecule has 0 aliphatic carbocycles. The third-order valence-electron chi connectivity index (χ3n) is 4.62. The lowest BCUT2D eigenvalue weighted by molar-refractivity contribution is -0.123. The van der Waals surface area contributed by atoms with Crippen molar-refractivity contribution < 1.29 is 18.4 Å². The van der Waals surface area contributed by atoms with Gasteiger partial charge in [0.05, 0.1) is 18.2 Å². The minimum atomic E-state index is -1.06. The molecule has 0 radical (unpaired) electrons. The van der Waals surface area contributed by atoms with Gasteiger partial charge in [0.1, 0.15) is 0 Å². The normalized spacial score (nSPS) is 29.4. The minimum absolute atomic E-state index is 0.0945. The van der Waals surface area contributed by atoms with Crippen LogP contribution in [0.1, 0.15) is 26.7 Å². The number of carbonyl (C=O) groups excluding carboxylic acids is 2. The molecule has 0 bridgehead atoms. The Bertz CT molecular complexity index is 639. The van der Waals surface area contributed by atoms with E-state index in [1.807, 2.05) is 0 Å². The highest BCUT2D eigenvalue weighted by Gasteiger charge is 2.44. The second-order valence-corrected chi connectivity index (χ2v) is 6.79. The van der Waals surface area contributed by atoms with Crippen molar-refractivity contribution in [3.8, 4) is 0 Å². The summed E-state index contributed by atoms with van der Waals surface area (Å²) in [6.07, 6.45) is 1.20. The average molecular weight is 322 g/mol. The second-order valence-electron chi connectivity index (χ2n) is 6.79. The molecule has 0 spiro atoms. The second kappa shape index (κ2) is 6.00. The molecule has 2 fully saturated rings. The Morgan fingerprint density at radius 3 is 2.30 bits per heavy atom. The highest BCUT2D eigenvalue weighted by molar-refractivity contribution is 6.22. The molecule has 2 heterocycles. The van der Waals surface area contributed by atoms with Gasteiger partial charge < -0.3 is 0 Å². The summed E-state index contributed by atoms with van der Waals surface area (Å²) in [4.78, 5) is 28.0. The molecule has 0 aromatic heterocycles. The predicted molar refractivity (Wildman–Crippen MR) is 81.8 cm³/mol. The van der Waals surface area contributed by atoms with Gasteiger partial charge in [0.25, 0.3) is 5.91 Å². The van der Waals surface area contributed by atoms with Gasteiger partial charge in [0.15, 0.2) is 11.6 Å². The van der Waals surface area contributed by atoms with Gasteiger partial charge in [-0.2, -0.15) is 0 Å². The van der Waals surface area contributed by atoms with Crippen molar-refractivity contribution in [3.05, 3.63) is 29.8 Å². The van der Waals surface area contributed by atoms with Crippen LogP contribution in [0.15, 0.2) is 18.2 Å². The number of likely N-dealkylation sites (tertiary alicyclic amines) is 1. The number of hydrogen-bond acceptors (Lipinski definition) is 3. The minimum Gasteiger partial charge on any atom is -0.291 e. The Labute approximate surface area is 134 Å². The van der Waals surface area contributed by atoms with Gasteiger partial charge in [-0.25, -0.2) is 13.7 Å². The molecular weight excluding hydrogens is 302 g/mol. The first-order valence-corrected chi connectivity index (χ1v) is 7.92. The Morgan fingerprint density at radius 2 is 1.70 bits per heavy atom. The van der Waals surface area contributed by atoms with Gasteiger partial charge in [-0.15, -0.1) is 0 Å². The van der Waals surface area contributed by atoms with E-state index in [1.165, 1.54) is 6.07 Å². The van der Waals surface area contributed by atoms with E-state index in [4.69, 9.17) is 0 Å². The highest BCUT2D eigenvalue weighted by Crippen LogP contribution is 2.30. The molecule has 3 rings (SSSR count). The highest BCUT2D eigenvalue weighted by atomic mass is 19.2. The maximum Gasteiger partial charge on any atom is 0.251 e. The van der Waals surface area contributed by atoms with E-state index in [-0.39, 0.29) is 23.9 Å². The van der Waals surface area contributed by atoms with Crippen LogP contribution in [-0.2, 0) is 9.59 Å². The van der Waals surface area contributed by atoms with Crippen molar-refractivity contribution in [1.82, 2.24) is 4.90 Å².